The first kappa shape index (κ1) is 22.7. The molecule has 0 aromatic heterocycles. The van der Waals surface area contributed by atoms with Crippen molar-refractivity contribution in [2.75, 3.05) is 27.2 Å². The standard InChI is InChI=1S/C22H46N/c1-5-7-9-10-11-12-13-14-15-16-17-18-19-20-22-23(3,4)21-8-6-2/h19-20H,5-18,21-22H2,1-4H3/q+1. The van der Waals surface area contributed by atoms with Gasteiger partial charge in [-0.25, -0.2) is 0 Å². The molecule has 0 aliphatic rings. The average Bonchev–Trinajstić information content (AvgIpc) is 2.53. The smallest absolute Gasteiger partial charge is 0.0969 e. The van der Waals surface area contributed by atoms with E-state index < -0.39 is 0 Å². The van der Waals surface area contributed by atoms with Crippen LogP contribution in [0, 0.1) is 0 Å². The molecule has 0 heterocycles. The van der Waals surface area contributed by atoms with Crippen molar-refractivity contribution in [2.45, 2.75) is 104 Å². The fraction of sp³-hybridized carbons (Fsp3) is 0.909. The van der Waals surface area contributed by atoms with Crippen LogP contribution in [-0.4, -0.2) is 31.7 Å². The third-order valence-corrected chi connectivity index (χ3v) is 4.86. The monoisotopic (exact) mass is 324 g/mol. The molecule has 0 aliphatic heterocycles. The second kappa shape index (κ2) is 16.6. The molecule has 138 valence electrons. The third kappa shape index (κ3) is 17.9. The Kier molecular flexibility index (Phi) is 16.3. The van der Waals surface area contributed by atoms with Crippen molar-refractivity contribution >= 4 is 0 Å². The van der Waals surface area contributed by atoms with Gasteiger partial charge < -0.3 is 4.48 Å². The lowest BCUT2D eigenvalue weighted by Gasteiger charge is -2.28. The zero-order valence-corrected chi connectivity index (χ0v) is 16.9. The number of rotatable bonds is 17. The summed E-state index contributed by atoms with van der Waals surface area (Å²) in [4.78, 5) is 0. The predicted octanol–water partition coefficient (Wildman–Crippen LogP) is 7.12. The van der Waals surface area contributed by atoms with Crippen molar-refractivity contribution in [2.24, 2.45) is 0 Å². The minimum absolute atomic E-state index is 1.14. The quantitative estimate of drug-likeness (QED) is 0.152. The van der Waals surface area contributed by atoms with Crippen LogP contribution >= 0.6 is 0 Å². The van der Waals surface area contributed by atoms with Gasteiger partial charge >= 0.3 is 0 Å². The van der Waals surface area contributed by atoms with Crippen LogP contribution < -0.4 is 0 Å². The predicted molar refractivity (Wildman–Crippen MR) is 107 cm³/mol. The van der Waals surface area contributed by atoms with Crippen molar-refractivity contribution < 1.29 is 4.48 Å². The van der Waals surface area contributed by atoms with Crippen LogP contribution in [0.3, 0.4) is 0 Å². The second-order valence-electron chi connectivity index (χ2n) is 7.99. The first-order valence-electron chi connectivity index (χ1n) is 10.6. The molecule has 23 heavy (non-hydrogen) atoms. The Labute approximate surface area is 148 Å². The average molecular weight is 325 g/mol. The Morgan fingerprint density at radius 3 is 1.57 bits per heavy atom. The highest BCUT2D eigenvalue weighted by molar-refractivity contribution is 4.81. The molecule has 0 atom stereocenters. The van der Waals surface area contributed by atoms with Crippen molar-refractivity contribution in [3.63, 3.8) is 0 Å². The number of nitrogens with zero attached hydrogens (tertiary/aromatic N) is 1. The van der Waals surface area contributed by atoms with E-state index in [1.807, 2.05) is 0 Å². The van der Waals surface area contributed by atoms with Gasteiger partial charge in [-0.05, 0) is 25.3 Å². The molecule has 0 bridgehead atoms. The van der Waals surface area contributed by atoms with Gasteiger partial charge in [0.1, 0.15) is 0 Å². The lowest BCUT2D eigenvalue weighted by molar-refractivity contribution is -0.884. The van der Waals surface area contributed by atoms with Gasteiger partial charge in [0, 0.05) is 0 Å². The van der Waals surface area contributed by atoms with Crippen molar-refractivity contribution in [3.8, 4) is 0 Å². The maximum absolute atomic E-state index is 2.42. The van der Waals surface area contributed by atoms with Crippen LogP contribution in [0.25, 0.3) is 0 Å². The summed E-state index contributed by atoms with van der Waals surface area (Å²) in [6.45, 7) is 7.07. The van der Waals surface area contributed by atoms with Crippen LogP contribution in [-0.2, 0) is 0 Å². The largest absolute Gasteiger partial charge is 0.325 e. The fourth-order valence-corrected chi connectivity index (χ4v) is 3.08. The summed E-state index contributed by atoms with van der Waals surface area (Å²) >= 11 is 0. The molecule has 0 aromatic carbocycles. The van der Waals surface area contributed by atoms with Crippen LogP contribution in [0.4, 0.5) is 0 Å². The van der Waals surface area contributed by atoms with Crippen molar-refractivity contribution in [1.82, 2.24) is 0 Å². The van der Waals surface area contributed by atoms with Crippen LogP contribution in [0.15, 0.2) is 12.2 Å². The molecule has 0 saturated heterocycles. The molecule has 0 aromatic rings. The van der Waals surface area contributed by atoms with E-state index in [1.54, 1.807) is 0 Å². The molecule has 0 fully saturated rings. The topological polar surface area (TPSA) is 0 Å². The van der Waals surface area contributed by atoms with Gasteiger partial charge in [-0.15, -0.1) is 0 Å². The Hall–Kier alpha value is -0.300. The van der Waals surface area contributed by atoms with Gasteiger partial charge in [-0.2, -0.15) is 0 Å². The second-order valence-corrected chi connectivity index (χ2v) is 7.99. The van der Waals surface area contributed by atoms with E-state index in [1.165, 1.54) is 103 Å². The van der Waals surface area contributed by atoms with Crippen molar-refractivity contribution in [1.29, 1.82) is 0 Å². The number of unbranched alkanes of at least 4 members (excludes halogenated alkanes) is 12. The maximum Gasteiger partial charge on any atom is 0.0969 e. The van der Waals surface area contributed by atoms with Crippen LogP contribution in [0.2, 0.25) is 0 Å². The Balaban J connectivity index is 3.28. The molecule has 0 spiro atoms. The van der Waals surface area contributed by atoms with Gasteiger partial charge in [0.25, 0.3) is 0 Å². The van der Waals surface area contributed by atoms with E-state index in [0.717, 1.165) is 4.48 Å². The molecular formula is C22H46N+. The summed E-state index contributed by atoms with van der Waals surface area (Å²) < 4.78 is 1.14. The number of quaternary nitrogens is 1. The summed E-state index contributed by atoms with van der Waals surface area (Å²) in [6, 6.07) is 0. The first-order valence-corrected chi connectivity index (χ1v) is 10.6. The number of hydrogen-bond donors (Lipinski definition) is 0. The van der Waals surface area contributed by atoms with E-state index >= 15 is 0 Å². The minimum Gasteiger partial charge on any atom is -0.325 e. The summed E-state index contributed by atoms with van der Waals surface area (Å²) in [6.07, 6.45) is 24.6. The van der Waals surface area contributed by atoms with Crippen LogP contribution in [0.1, 0.15) is 104 Å². The zero-order chi connectivity index (χ0) is 17.2. The highest BCUT2D eigenvalue weighted by atomic mass is 15.3. The summed E-state index contributed by atoms with van der Waals surface area (Å²) in [7, 11) is 4.70. The molecule has 0 aliphatic carbocycles. The van der Waals surface area contributed by atoms with Gasteiger partial charge in [-0.1, -0.05) is 90.6 Å². The van der Waals surface area contributed by atoms with Gasteiger partial charge in [0.05, 0.1) is 27.2 Å². The molecule has 1 heteroatoms. The van der Waals surface area contributed by atoms with E-state index in [4.69, 9.17) is 0 Å². The lowest BCUT2D eigenvalue weighted by atomic mass is 10.1. The Morgan fingerprint density at radius 2 is 1.04 bits per heavy atom. The van der Waals surface area contributed by atoms with Gasteiger partial charge in [-0.3, -0.25) is 0 Å². The molecule has 0 N–H and O–H groups in total. The molecular weight excluding hydrogens is 278 g/mol. The molecule has 0 unspecified atom stereocenters. The number of likely N-dealkylation sites (N-methyl/N-ethyl adjacent to an activating group) is 1. The molecule has 0 saturated carbocycles. The number of allylic oxidation sites excluding steroid dienone is 1. The minimum atomic E-state index is 1.14. The molecule has 0 amide bonds. The normalized spacial score (nSPS) is 12.3. The zero-order valence-electron chi connectivity index (χ0n) is 16.9. The summed E-state index contributed by atoms with van der Waals surface area (Å²) in [5, 5.41) is 0. The third-order valence-electron chi connectivity index (χ3n) is 4.86. The highest BCUT2D eigenvalue weighted by Gasteiger charge is 2.10. The SMILES string of the molecule is CCCCCCCCCCCCCC=CC[N+](C)(C)CCCC. The maximum atomic E-state index is 2.42. The molecule has 0 radical (unpaired) electrons. The van der Waals surface area contributed by atoms with Crippen LogP contribution in [0.5, 0.6) is 0 Å². The summed E-state index contributed by atoms with van der Waals surface area (Å²) in [5.41, 5.74) is 0. The molecule has 0 rings (SSSR count). The molecule has 1 nitrogen and oxygen atoms in total. The fourth-order valence-electron chi connectivity index (χ4n) is 3.08. The Bertz CT molecular complexity index is 255. The summed E-state index contributed by atoms with van der Waals surface area (Å²) in [5.74, 6) is 0. The highest BCUT2D eigenvalue weighted by Crippen LogP contribution is 2.12. The lowest BCUT2D eigenvalue weighted by Crippen LogP contribution is -2.40. The first-order chi connectivity index (χ1) is 11.1. The number of hydrogen-bond acceptors (Lipinski definition) is 0. The van der Waals surface area contributed by atoms with Gasteiger partial charge in [0.15, 0.2) is 0 Å². The van der Waals surface area contributed by atoms with E-state index in [9.17, 15) is 0 Å². The Morgan fingerprint density at radius 1 is 0.565 bits per heavy atom. The van der Waals surface area contributed by atoms with E-state index in [-0.39, 0.29) is 0 Å². The van der Waals surface area contributed by atoms with E-state index in [2.05, 4.69) is 40.1 Å². The van der Waals surface area contributed by atoms with E-state index in [0.29, 0.717) is 0 Å². The van der Waals surface area contributed by atoms with Crippen molar-refractivity contribution in [3.05, 3.63) is 12.2 Å². The van der Waals surface area contributed by atoms with Gasteiger partial charge in [0.2, 0.25) is 0 Å².